The number of carbonyl (C=O) groups is 1. The average Bonchev–Trinajstić information content (AvgIpc) is 2.52. The summed E-state index contributed by atoms with van der Waals surface area (Å²) in [7, 11) is 0. The lowest BCUT2D eigenvalue weighted by Crippen LogP contribution is -2.26. The summed E-state index contributed by atoms with van der Waals surface area (Å²) in [6, 6.07) is 9.10. The zero-order valence-corrected chi connectivity index (χ0v) is 11.2. The summed E-state index contributed by atoms with van der Waals surface area (Å²) < 4.78 is 12.8. The third kappa shape index (κ3) is 4.81. The second-order valence-corrected chi connectivity index (χ2v) is 4.43. The Morgan fingerprint density at radius 2 is 2.10 bits per heavy atom. The van der Waals surface area contributed by atoms with Gasteiger partial charge in [0.1, 0.15) is 5.82 Å². The van der Waals surface area contributed by atoms with Crippen molar-refractivity contribution in [2.45, 2.75) is 6.10 Å². The van der Waals surface area contributed by atoms with Crippen molar-refractivity contribution in [1.82, 2.24) is 10.3 Å². The molecule has 1 atom stereocenters. The van der Waals surface area contributed by atoms with E-state index in [0.717, 1.165) is 5.56 Å². The van der Waals surface area contributed by atoms with Gasteiger partial charge in [0.05, 0.1) is 6.10 Å². The van der Waals surface area contributed by atoms with Crippen molar-refractivity contribution in [3.05, 3.63) is 71.8 Å². The van der Waals surface area contributed by atoms with E-state index >= 15 is 0 Å². The summed E-state index contributed by atoms with van der Waals surface area (Å²) in [6.45, 7) is 0.0574. The fraction of sp³-hybridized carbons (Fsp3) is 0.125. The number of amides is 1. The lowest BCUT2D eigenvalue weighted by molar-refractivity contribution is -0.116. The molecule has 1 heterocycles. The first-order valence-electron chi connectivity index (χ1n) is 6.44. The molecular formula is C16H15FN2O2. The first-order chi connectivity index (χ1) is 10.1. The molecule has 2 rings (SSSR count). The highest BCUT2D eigenvalue weighted by Gasteiger charge is 2.08. The van der Waals surface area contributed by atoms with E-state index in [1.165, 1.54) is 30.3 Å². The summed E-state index contributed by atoms with van der Waals surface area (Å²) in [5.41, 5.74) is 1.36. The van der Waals surface area contributed by atoms with Crippen molar-refractivity contribution in [2.75, 3.05) is 6.54 Å². The Labute approximate surface area is 122 Å². The Morgan fingerprint density at radius 1 is 1.33 bits per heavy atom. The highest BCUT2D eigenvalue weighted by molar-refractivity contribution is 5.91. The molecule has 21 heavy (non-hydrogen) atoms. The van der Waals surface area contributed by atoms with Gasteiger partial charge in [-0.05, 0) is 35.4 Å². The minimum Gasteiger partial charge on any atom is -0.387 e. The standard InChI is InChI=1S/C16H15FN2O2/c17-14-6-4-13(5-7-14)15(20)11-19-16(21)8-3-12-2-1-9-18-10-12/h1-10,15,20H,11H2,(H,19,21)/b8-3+. The Balaban J connectivity index is 1.83. The van der Waals surface area contributed by atoms with Crippen LogP contribution in [0.1, 0.15) is 17.2 Å². The van der Waals surface area contributed by atoms with Crippen LogP contribution >= 0.6 is 0 Å². The predicted octanol–water partition coefficient (Wildman–Crippen LogP) is 2.08. The molecule has 1 aromatic carbocycles. The zero-order chi connectivity index (χ0) is 15.1. The van der Waals surface area contributed by atoms with Gasteiger partial charge >= 0.3 is 0 Å². The van der Waals surface area contributed by atoms with Crippen LogP contribution in [0.25, 0.3) is 6.08 Å². The molecular weight excluding hydrogens is 271 g/mol. The van der Waals surface area contributed by atoms with Gasteiger partial charge in [-0.1, -0.05) is 18.2 Å². The van der Waals surface area contributed by atoms with E-state index in [4.69, 9.17) is 0 Å². The molecule has 0 spiro atoms. The minimum atomic E-state index is -0.874. The summed E-state index contributed by atoms with van der Waals surface area (Å²) in [4.78, 5) is 15.5. The Hall–Kier alpha value is -2.53. The number of nitrogens with one attached hydrogen (secondary N) is 1. The Kier molecular flexibility index (Phi) is 5.17. The lowest BCUT2D eigenvalue weighted by Gasteiger charge is -2.11. The van der Waals surface area contributed by atoms with Crippen molar-refractivity contribution < 1.29 is 14.3 Å². The molecule has 5 heteroatoms. The molecule has 0 saturated carbocycles. The number of nitrogens with zero attached hydrogens (tertiary/aromatic N) is 1. The van der Waals surface area contributed by atoms with Gasteiger partial charge in [0, 0.05) is 25.0 Å². The second-order valence-electron chi connectivity index (χ2n) is 4.43. The van der Waals surface area contributed by atoms with Gasteiger partial charge in [0.15, 0.2) is 0 Å². The average molecular weight is 286 g/mol. The van der Waals surface area contributed by atoms with E-state index in [-0.39, 0.29) is 18.3 Å². The molecule has 0 aliphatic rings. The minimum absolute atomic E-state index is 0.0574. The van der Waals surface area contributed by atoms with Gasteiger partial charge in [-0.2, -0.15) is 0 Å². The summed E-state index contributed by atoms with van der Waals surface area (Å²) in [5, 5.41) is 12.5. The highest BCUT2D eigenvalue weighted by atomic mass is 19.1. The zero-order valence-electron chi connectivity index (χ0n) is 11.2. The van der Waals surface area contributed by atoms with Crippen LogP contribution in [0.2, 0.25) is 0 Å². The van der Waals surface area contributed by atoms with Crippen molar-refractivity contribution in [3.63, 3.8) is 0 Å². The van der Waals surface area contributed by atoms with Gasteiger partial charge in [0.25, 0.3) is 0 Å². The molecule has 0 aliphatic heterocycles. The lowest BCUT2D eigenvalue weighted by atomic mass is 10.1. The van der Waals surface area contributed by atoms with E-state index in [1.807, 2.05) is 6.07 Å². The quantitative estimate of drug-likeness (QED) is 0.827. The fourth-order valence-corrected chi connectivity index (χ4v) is 1.71. The molecule has 1 amide bonds. The molecule has 4 nitrogen and oxygen atoms in total. The van der Waals surface area contributed by atoms with Crippen molar-refractivity contribution in [3.8, 4) is 0 Å². The van der Waals surface area contributed by atoms with Crippen LogP contribution in [0.5, 0.6) is 0 Å². The van der Waals surface area contributed by atoms with Gasteiger partial charge in [-0.15, -0.1) is 0 Å². The monoisotopic (exact) mass is 286 g/mol. The van der Waals surface area contributed by atoms with Crippen LogP contribution in [0, 0.1) is 5.82 Å². The highest BCUT2D eigenvalue weighted by Crippen LogP contribution is 2.12. The molecule has 0 aliphatic carbocycles. The predicted molar refractivity (Wildman–Crippen MR) is 77.6 cm³/mol. The maximum atomic E-state index is 12.8. The molecule has 0 radical (unpaired) electrons. The number of rotatable bonds is 5. The number of aliphatic hydroxyl groups is 1. The second kappa shape index (κ2) is 7.31. The molecule has 2 aromatic rings. The number of hydrogen-bond acceptors (Lipinski definition) is 3. The normalized spacial score (nSPS) is 12.3. The van der Waals surface area contributed by atoms with E-state index in [9.17, 15) is 14.3 Å². The van der Waals surface area contributed by atoms with E-state index < -0.39 is 6.10 Å². The van der Waals surface area contributed by atoms with Crippen LogP contribution in [-0.2, 0) is 4.79 Å². The third-order valence-electron chi connectivity index (χ3n) is 2.84. The number of aromatic nitrogens is 1. The summed E-state index contributed by atoms with van der Waals surface area (Å²) >= 11 is 0. The van der Waals surface area contributed by atoms with E-state index in [1.54, 1.807) is 24.5 Å². The number of pyridine rings is 1. The van der Waals surface area contributed by atoms with Crippen LogP contribution in [0.15, 0.2) is 54.9 Å². The molecule has 1 unspecified atom stereocenters. The van der Waals surface area contributed by atoms with E-state index in [0.29, 0.717) is 5.56 Å². The third-order valence-corrected chi connectivity index (χ3v) is 2.84. The number of benzene rings is 1. The first kappa shape index (κ1) is 14.9. The molecule has 0 fully saturated rings. The maximum Gasteiger partial charge on any atom is 0.244 e. The largest absolute Gasteiger partial charge is 0.387 e. The fourth-order valence-electron chi connectivity index (χ4n) is 1.71. The topological polar surface area (TPSA) is 62.2 Å². The van der Waals surface area contributed by atoms with Gasteiger partial charge in [0.2, 0.25) is 5.91 Å². The molecule has 0 saturated heterocycles. The first-order valence-corrected chi connectivity index (χ1v) is 6.44. The van der Waals surface area contributed by atoms with E-state index in [2.05, 4.69) is 10.3 Å². The van der Waals surface area contributed by atoms with Crippen molar-refractivity contribution in [1.29, 1.82) is 0 Å². The number of halogens is 1. The molecule has 1 aromatic heterocycles. The number of aliphatic hydroxyl groups excluding tert-OH is 1. The molecule has 0 bridgehead atoms. The summed E-state index contributed by atoms with van der Waals surface area (Å²) in [6.07, 6.45) is 5.41. The molecule has 108 valence electrons. The Bertz CT molecular complexity index is 612. The SMILES string of the molecule is O=C(/C=C/c1cccnc1)NCC(O)c1ccc(F)cc1. The van der Waals surface area contributed by atoms with Gasteiger partial charge < -0.3 is 10.4 Å². The van der Waals surface area contributed by atoms with Crippen LogP contribution in [-0.4, -0.2) is 22.5 Å². The van der Waals surface area contributed by atoms with Crippen molar-refractivity contribution >= 4 is 12.0 Å². The van der Waals surface area contributed by atoms with Crippen LogP contribution in [0.3, 0.4) is 0 Å². The number of carbonyl (C=O) groups excluding carboxylic acids is 1. The number of hydrogen-bond donors (Lipinski definition) is 2. The molecule has 2 N–H and O–H groups in total. The summed E-state index contributed by atoms with van der Waals surface area (Å²) in [5.74, 6) is -0.686. The van der Waals surface area contributed by atoms with Gasteiger partial charge in [-0.25, -0.2) is 4.39 Å². The van der Waals surface area contributed by atoms with Crippen LogP contribution in [0.4, 0.5) is 4.39 Å². The maximum absolute atomic E-state index is 12.8. The smallest absolute Gasteiger partial charge is 0.244 e. The van der Waals surface area contributed by atoms with Crippen molar-refractivity contribution in [2.24, 2.45) is 0 Å². The van der Waals surface area contributed by atoms with Crippen LogP contribution < -0.4 is 5.32 Å². The van der Waals surface area contributed by atoms with Gasteiger partial charge in [-0.3, -0.25) is 9.78 Å². The Morgan fingerprint density at radius 3 is 2.76 bits per heavy atom.